The fraction of sp³-hybridized carbons (Fsp3) is 0.526. The second-order valence-corrected chi connectivity index (χ2v) is 7.20. The Morgan fingerprint density at radius 2 is 2.12 bits per heavy atom. The first kappa shape index (κ1) is 18.5. The molecule has 0 saturated carbocycles. The zero-order valence-corrected chi connectivity index (χ0v) is 15.8. The lowest BCUT2D eigenvalue weighted by Crippen LogP contribution is -2.38. The summed E-state index contributed by atoms with van der Waals surface area (Å²) in [5.41, 5.74) is 2.23. The van der Waals surface area contributed by atoms with Gasteiger partial charge in [-0.2, -0.15) is 0 Å². The smallest absolute Gasteiger partial charge is 0.134 e. The van der Waals surface area contributed by atoms with E-state index in [-0.39, 0.29) is 12.1 Å². The molecule has 0 radical (unpaired) electrons. The second kappa shape index (κ2) is 8.42. The van der Waals surface area contributed by atoms with Crippen LogP contribution >= 0.6 is 0 Å². The number of nitrogens with zero attached hydrogens (tertiary/aromatic N) is 5. The number of aryl methyl sites for hydroxylation is 1. The first-order valence-corrected chi connectivity index (χ1v) is 9.08. The first-order chi connectivity index (χ1) is 12.5. The maximum absolute atomic E-state index is 10.1. The van der Waals surface area contributed by atoms with Crippen LogP contribution in [0.2, 0.25) is 0 Å². The number of hydrogen-bond acceptors (Lipinski definition) is 7. The van der Waals surface area contributed by atoms with Crippen molar-refractivity contribution in [1.82, 2.24) is 19.9 Å². The number of pyridine rings is 1. The lowest BCUT2D eigenvalue weighted by Gasteiger charge is -2.27. The van der Waals surface area contributed by atoms with Crippen molar-refractivity contribution in [2.75, 3.05) is 43.9 Å². The van der Waals surface area contributed by atoms with Gasteiger partial charge in [0, 0.05) is 43.6 Å². The number of anilines is 2. The molecule has 0 aliphatic carbocycles. The van der Waals surface area contributed by atoms with Gasteiger partial charge in [-0.1, -0.05) is 6.07 Å². The van der Waals surface area contributed by atoms with Crippen LogP contribution in [-0.4, -0.2) is 70.8 Å². The number of nitrogens with one attached hydrogen (secondary N) is 1. The molecule has 26 heavy (non-hydrogen) atoms. The molecule has 0 unspecified atom stereocenters. The lowest BCUT2D eigenvalue weighted by atomic mass is 10.2. The largest absolute Gasteiger partial charge is 0.391 e. The molecule has 2 atom stereocenters. The Morgan fingerprint density at radius 1 is 1.27 bits per heavy atom. The molecule has 0 amide bonds. The number of likely N-dealkylation sites (N-methyl/N-ethyl adjacent to an activating group) is 1. The number of hydrogen-bond donors (Lipinski definition) is 2. The van der Waals surface area contributed by atoms with Crippen LogP contribution in [0.4, 0.5) is 11.6 Å². The Balaban J connectivity index is 1.61. The minimum absolute atomic E-state index is 0.265. The van der Waals surface area contributed by atoms with Gasteiger partial charge in [0.25, 0.3) is 0 Å². The Bertz CT molecular complexity index is 705. The second-order valence-electron chi connectivity index (χ2n) is 7.20. The van der Waals surface area contributed by atoms with Crippen molar-refractivity contribution in [3.8, 4) is 0 Å². The van der Waals surface area contributed by atoms with Crippen LogP contribution in [0.15, 0.2) is 30.7 Å². The van der Waals surface area contributed by atoms with Crippen molar-refractivity contribution in [3.63, 3.8) is 0 Å². The zero-order chi connectivity index (χ0) is 18.5. The number of aliphatic hydroxyl groups is 1. The van der Waals surface area contributed by atoms with E-state index in [9.17, 15) is 5.11 Å². The lowest BCUT2D eigenvalue weighted by molar-refractivity contribution is 0.191. The Morgan fingerprint density at radius 3 is 2.85 bits per heavy atom. The highest BCUT2D eigenvalue weighted by molar-refractivity contribution is 5.50. The predicted octanol–water partition coefficient (Wildman–Crippen LogP) is 1.34. The van der Waals surface area contributed by atoms with E-state index in [0.29, 0.717) is 6.54 Å². The van der Waals surface area contributed by atoms with Crippen molar-refractivity contribution in [2.45, 2.75) is 31.9 Å². The van der Waals surface area contributed by atoms with Gasteiger partial charge in [0.1, 0.15) is 18.0 Å². The van der Waals surface area contributed by atoms with Crippen LogP contribution in [-0.2, 0) is 6.42 Å². The monoisotopic (exact) mass is 356 g/mol. The summed E-state index contributed by atoms with van der Waals surface area (Å²) < 4.78 is 0. The topological polar surface area (TPSA) is 77.4 Å². The number of β-amino-alcohol motifs (C(OH)–C–C–N with tert-alkyl or cyclic N) is 1. The molecule has 140 valence electrons. The van der Waals surface area contributed by atoms with Crippen LogP contribution in [0.25, 0.3) is 0 Å². The normalized spacial score (nSPS) is 20.0. The molecule has 1 saturated heterocycles. The van der Waals surface area contributed by atoms with Crippen LogP contribution in [0.3, 0.4) is 0 Å². The molecule has 0 spiro atoms. The van der Waals surface area contributed by atoms with Gasteiger partial charge in [-0.15, -0.1) is 0 Å². The van der Waals surface area contributed by atoms with E-state index in [1.54, 1.807) is 6.33 Å². The maximum atomic E-state index is 10.1. The van der Waals surface area contributed by atoms with Gasteiger partial charge in [-0.3, -0.25) is 4.98 Å². The van der Waals surface area contributed by atoms with Crippen molar-refractivity contribution >= 4 is 11.6 Å². The van der Waals surface area contributed by atoms with Gasteiger partial charge in [-0.05, 0) is 45.5 Å². The number of aromatic nitrogens is 3. The third-order valence-electron chi connectivity index (χ3n) is 4.61. The molecule has 2 N–H and O–H groups in total. The third kappa shape index (κ3) is 4.89. The minimum atomic E-state index is -0.305. The average Bonchev–Trinajstić information content (AvgIpc) is 2.96. The molecule has 7 heteroatoms. The highest BCUT2D eigenvalue weighted by Crippen LogP contribution is 2.25. The van der Waals surface area contributed by atoms with Crippen LogP contribution in [0.5, 0.6) is 0 Å². The summed E-state index contributed by atoms with van der Waals surface area (Å²) in [4.78, 5) is 17.4. The van der Waals surface area contributed by atoms with E-state index in [1.165, 1.54) is 5.56 Å². The molecule has 2 aromatic heterocycles. The zero-order valence-electron chi connectivity index (χ0n) is 15.8. The van der Waals surface area contributed by atoms with Gasteiger partial charge in [0.05, 0.1) is 6.10 Å². The molecule has 0 aromatic carbocycles. The van der Waals surface area contributed by atoms with Gasteiger partial charge in [0.15, 0.2) is 0 Å². The maximum Gasteiger partial charge on any atom is 0.134 e. The standard InChI is InChI=1S/C19H28N6O/c1-14-4-5-15(10-21-14)6-7-20-18-9-19(23-13-22-18)25-12-17(26)8-16(25)11-24(2)3/h4-5,9-10,13,16-17,26H,6-8,11-12H2,1-3H3,(H,20,22,23)/t16-,17-/m1/s1. The summed E-state index contributed by atoms with van der Waals surface area (Å²) in [5, 5.41) is 13.4. The summed E-state index contributed by atoms with van der Waals surface area (Å²) in [7, 11) is 4.10. The number of aliphatic hydroxyl groups excluding tert-OH is 1. The summed E-state index contributed by atoms with van der Waals surface area (Å²) in [6.45, 7) is 4.28. The van der Waals surface area contributed by atoms with Gasteiger partial charge in [0.2, 0.25) is 0 Å². The third-order valence-corrected chi connectivity index (χ3v) is 4.61. The molecule has 1 aliphatic heterocycles. The average molecular weight is 356 g/mol. The Labute approximate surface area is 155 Å². The molecule has 3 rings (SSSR count). The molecule has 3 heterocycles. The molecule has 7 nitrogen and oxygen atoms in total. The summed E-state index contributed by atoms with van der Waals surface area (Å²) in [6, 6.07) is 6.37. The van der Waals surface area contributed by atoms with Crippen molar-refractivity contribution in [2.24, 2.45) is 0 Å². The van der Waals surface area contributed by atoms with Crippen molar-refractivity contribution < 1.29 is 5.11 Å². The molecular weight excluding hydrogens is 328 g/mol. The quantitative estimate of drug-likeness (QED) is 0.775. The van der Waals surface area contributed by atoms with Crippen molar-refractivity contribution in [1.29, 1.82) is 0 Å². The van der Waals surface area contributed by atoms with Crippen LogP contribution < -0.4 is 10.2 Å². The van der Waals surface area contributed by atoms with Crippen molar-refractivity contribution in [3.05, 3.63) is 42.0 Å². The predicted molar refractivity (Wildman–Crippen MR) is 104 cm³/mol. The Hall–Kier alpha value is -2.25. The van der Waals surface area contributed by atoms with E-state index in [1.807, 2.05) is 25.3 Å². The highest BCUT2D eigenvalue weighted by atomic mass is 16.3. The Kier molecular flexibility index (Phi) is 6.00. The van der Waals surface area contributed by atoms with Gasteiger partial charge >= 0.3 is 0 Å². The van der Waals surface area contributed by atoms with E-state index in [0.717, 1.165) is 43.3 Å². The summed E-state index contributed by atoms with van der Waals surface area (Å²) in [5.74, 6) is 1.67. The van der Waals surface area contributed by atoms with Gasteiger partial charge in [-0.25, -0.2) is 9.97 Å². The molecule has 2 aromatic rings. The SMILES string of the molecule is Cc1ccc(CCNc2cc(N3C[C@H](O)C[C@@H]3CN(C)C)ncn2)cn1. The highest BCUT2D eigenvalue weighted by Gasteiger charge is 2.32. The molecule has 0 bridgehead atoms. The van der Waals surface area contributed by atoms with E-state index < -0.39 is 0 Å². The van der Waals surface area contributed by atoms with E-state index in [2.05, 4.69) is 50.2 Å². The number of rotatable bonds is 7. The fourth-order valence-electron chi connectivity index (χ4n) is 3.35. The minimum Gasteiger partial charge on any atom is -0.391 e. The summed E-state index contributed by atoms with van der Waals surface area (Å²) >= 11 is 0. The molecule has 1 aliphatic rings. The molecule has 1 fully saturated rings. The van der Waals surface area contributed by atoms with E-state index in [4.69, 9.17) is 0 Å². The summed E-state index contributed by atoms with van der Waals surface area (Å²) in [6.07, 6.45) is 4.85. The van der Waals surface area contributed by atoms with E-state index >= 15 is 0 Å². The fourth-order valence-corrected chi connectivity index (χ4v) is 3.35. The first-order valence-electron chi connectivity index (χ1n) is 9.08. The van der Waals surface area contributed by atoms with Crippen LogP contribution in [0.1, 0.15) is 17.7 Å². The molecular formula is C19H28N6O. The van der Waals surface area contributed by atoms with Crippen LogP contribution in [0, 0.1) is 6.92 Å². The van der Waals surface area contributed by atoms with Gasteiger partial charge < -0.3 is 20.2 Å².